The lowest BCUT2D eigenvalue weighted by Gasteiger charge is -2.14. The minimum Gasteiger partial charge on any atom is -0.494 e. The molecule has 0 aliphatic carbocycles. The van der Waals surface area contributed by atoms with E-state index in [1.165, 1.54) is 5.56 Å². The molecule has 2 N–H and O–H groups in total. The van der Waals surface area contributed by atoms with Crippen molar-refractivity contribution < 1.29 is 9.47 Å². The van der Waals surface area contributed by atoms with Crippen LogP contribution in [0.4, 0.5) is 0 Å². The van der Waals surface area contributed by atoms with Crippen LogP contribution in [0.15, 0.2) is 23.2 Å². The van der Waals surface area contributed by atoms with Crippen LogP contribution in [-0.4, -0.2) is 39.9 Å². The first-order valence-electron chi connectivity index (χ1n) is 6.87. The van der Waals surface area contributed by atoms with Crippen LogP contribution in [0.5, 0.6) is 5.75 Å². The molecule has 1 aromatic carbocycles. The van der Waals surface area contributed by atoms with Gasteiger partial charge in [0, 0.05) is 32.8 Å². The zero-order chi connectivity index (χ0) is 14.8. The molecule has 0 aliphatic heterocycles. The highest BCUT2D eigenvalue weighted by atomic mass is 127. The SMILES string of the molecule is CCOc1cc(C)ccc1CNC(=NC)NCCOC.I. The minimum absolute atomic E-state index is 0. The maximum Gasteiger partial charge on any atom is 0.191 e. The number of nitrogens with zero attached hydrogens (tertiary/aromatic N) is 1. The molecule has 1 aromatic rings. The molecule has 0 amide bonds. The molecule has 0 aliphatic rings. The van der Waals surface area contributed by atoms with Gasteiger partial charge in [0.15, 0.2) is 5.96 Å². The molecule has 0 radical (unpaired) electrons. The van der Waals surface area contributed by atoms with E-state index in [9.17, 15) is 0 Å². The summed E-state index contributed by atoms with van der Waals surface area (Å²) in [5.41, 5.74) is 2.31. The maximum atomic E-state index is 5.66. The third-order valence-corrected chi connectivity index (χ3v) is 2.79. The molecule has 6 heteroatoms. The average Bonchev–Trinajstić information content (AvgIpc) is 2.44. The number of aryl methyl sites for hydroxylation is 1. The van der Waals surface area contributed by atoms with E-state index in [1.54, 1.807) is 14.2 Å². The molecule has 120 valence electrons. The lowest BCUT2D eigenvalue weighted by atomic mass is 10.1. The Morgan fingerprint density at radius 1 is 1.29 bits per heavy atom. The van der Waals surface area contributed by atoms with E-state index in [2.05, 4.69) is 40.7 Å². The molecule has 0 atom stereocenters. The number of halogens is 1. The van der Waals surface area contributed by atoms with Gasteiger partial charge in [-0.25, -0.2) is 0 Å². The Morgan fingerprint density at radius 2 is 2.05 bits per heavy atom. The highest BCUT2D eigenvalue weighted by Gasteiger charge is 2.05. The molecule has 0 saturated heterocycles. The summed E-state index contributed by atoms with van der Waals surface area (Å²) in [5, 5.41) is 6.44. The number of benzene rings is 1. The van der Waals surface area contributed by atoms with Crippen LogP contribution in [-0.2, 0) is 11.3 Å². The van der Waals surface area contributed by atoms with E-state index >= 15 is 0 Å². The fourth-order valence-electron chi connectivity index (χ4n) is 1.77. The number of hydrogen-bond donors (Lipinski definition) is 2. The fraction of sp³-hybridized carbons (Fsp3) is 0.533. The molecule has 21 heavy (non-hydrogen) atoms. The van der Waals surface area contributed by atoms with Gasteiger partial charge in [-0.3, -0.25) is 4.99 Å². The molecule has 0 aromatic heterocycles. The van der Waals surface area contributed by atoms with Crippen molar-refractivity contribution in [3.05, 3.63) is 29.3 Å². The topological polar surface area (TPSA) is 54.9 Å². The standard InChI is InChI=1S/C15H25N3O2.HI/c1-5-20-14-10-12(2)6-7-13(14)11-18-15(16-3)17-8-9-19-4;/h6-7,10H,5,8-9,11H2,1-4H3,(H2,16,17,18);1H. The van der Waals surface area contributed by atoms with Crippen LogP contribution < -0.4 is 15.4 Å². The first kappa shape index (κ1) is 20.0. The van der Waals surface area contributed by atoms with Gasteiger partial charge in [-0.2, -0.15) is 0 Å². The van der Waals surface area contributed by atoms with Crippen LogP contribution in [0, 0.1) is 6.92 Å². The van der Waals surface area contributed by atoms with Crippen molar-refractivity contribution in [2.24, 2.45) is 4.99 Å². The van der Waals surface area contributed by atoms with Gasteiger partial charge in [-0.15, -0.1) is 24.0 Å². The molecule has 0 fully saturated rings. The van der Waals surface area contributed by atoms with Gasteiger partial charge < -0.3 is 20.1 Å². The third kappa shape index (κ3) is 7.52. The predicted molar refractivity (Wildman–Crippen MR) is 97.8 cm³/mol. The molecular formula is C15H26IN3O2. The van der Waals surface area contributed by atoms with E-state index in [1.807, 2.05) is 6.92 Å². The Hall–Kier alpha value is -1.02. The first-order valence-corrected chi connectivity index (χ1v) is 6.87. The van der Waals surface area contributed by atoms with E-state index in [0.717, 1.165) is 23.8 Å². The summed E-state index contributed by atoms with van der Waals surface area (Å²) >= 11 is 0. The number of nitrogens with one attached hydrogen (secondary N) is 2. The van der Waals surface area contributed by atoms with E-state index in [4.69, 9.17) is 9.47 Å². The number of hydrogen-bond acceptors (Lipinski definition) is 3. The van der Waals surface area contributed by atoms with Crippen molar-refractivity contribution in [1.29, 1.82) is 0 Å². The van der Waals surface area contributed by atoms with Gasteiger partial charge in [0.25, 0.3) is 0 Å². The van der Waals surface area contributed by atoms with Gasteiger partial charge >= 0.3 is 0 Å². The van der Waals surface area contributed by atoms with Crippen LogP contribution in [0.3, 0.4) is 0 Å². The van der Waals surface area contributed by atoms with E-state index in [0.29, 0.717) is 19.8 Å². The second-order valence-electron chi connectivity index (χ2n) is 4.39. The lowest BCUT2D eigenvalue weighted by Crippen LogP contribution is -2.38. The average molecular weight is 407 g/mol. The largest absolute Gasteiger partial charge is 0.494 e. The molecular weight excluding hydrogens is 381 g/mol. The lowest BCUT2D eigenvalue weighted by molar-refractivity contribution is 0.203. The second kappa shape index (κ2) is 11.6. The Kier molecular flexibility index (Phi) is 11.1. The summed E-state index contributed by atoms with van der Waals surface area (Å²) in [7, 11) is 3.43. The Morgan fingerprint density at radius 3 is 2.67 bits per heavy atom. The third-order valence-electron chi connectivity index (χ3n) is 2.79. The first-order chi connectivity index (χ1) is 9.71. The normalized spacial score (nSPS) is 10.8. The van der Waals surface area contributed by atoms with E-state index < -0.39 is 0 Å². The molecule has 1 rings (SSSR count). The van der Waals surface area contributed by atoms with Crippen LogP contribution in [0.1, 0.15) is 18.1 Å². The summed E-state index contributed by atoms with van der Waals surface area (Å²) in [5.74, 6) is 1.68. The number of aliphatic imine (C=N–C) groups is 1. The van der Waals surface area contributed by atoms with Crippen molar-refractivity contribution in [3.8, 4) is 5.75 Å². The van der Waals surface area contributed by atoms with Gasteiger partial charge in [0.1, 0.15) is 5.75 Å². The molecule has 0 bridgehead atoms. The van der Waals surface area contributed by atoms with Crippen LogP contribution >= 0.6 is 24.0 Å². The maximum absolute atomic E-state index is 5.66. The summed E-state index contributed by atoms with van der Waals surface area (Å²) in [4.78, 5) is 4.17. The molecule has 0 unspecified atom stereocenters. The van der Waals surface area contributed by atoms with E-state index in [-0.39, 0.29) is 24.0 Å². The van der Waals surface area contributed by atoms with Crippen molar-refractivity contribution >= 4 is 29.9 Å². The summed E-state index contributed by atoms with van der Waals surface area (Å²) in [6, 6.07) is 6.22. The second-order valence-corrected chi connectivity index (χ2v) is 4.39. The monoisotopic (exact) mass is 407 g/mol. The highest BCUT2D eigenvalue weighted by molar-refractivity contribution is 14.0. The summed E-state index contributed by atoms with van der Waals surface area (Å²) in [6.07, 6.45) is 0. The molecule has 5 nitrogen and oxygen atoms in total. The Balaban J connectivity index is 0.00000400. The van der Waals surface area contributed by atoms with Crippen LogP contribution in [0.2, 0.25) is 0 Å². The minimum atomic E-state index is 0. The fourth-order valence-corrected chi connectivity index (χ4v) is 1.77. The van der Waals surface area contributed by atoms with Gasteiger partial charge in [-0.05, 0) is 25.5 Å². The Bertz CT molecular complexity index is 439. The predicted octanol–water partition coefficient (Wildman–Crippen LogP) is 2.32. The van der Waals surface area contributed by atoms with Gasteiger partial charge in [-0.1, -0.05) is 12.1 Å². The Labute approximate surface area is 144 Å². The van der Waals surface area contributed by atoms with Gasteiger partial charge in [0.2, 0.25) is 0 Å². The molecule has 0 spiro atoms. The number of ether oxygens (including phenoxy) is 2. The van der Waals surface area contributed by atoms with Crippen LogP contribution in [0.25, 0.3) is 0 Å². The molecule has 0 heterocycles. The summed E-state index contributed by atoms with van der Waals surface area (Å²) in [6.45, 7) is 6.76. The quantitative estimate of drug-likeness (QED) is 0.315. The van der Waals surface area contributed by atoms with Crippen molar-refractivity contribution in [2.75, 3.05) is 33.9 Å². The van der Waals surface area contributed by atoms with Crippen molar-refractivity contribution in [3.63, 3.8) is 0 Å². The highest BCUT2D eigenvalue weighted by Crippen LogP contribution is 2.20. The zero-order valence-electron chi connectivity index (χ0n) is 13.2. The number of rotatable bonds is 7. The van der Waals surface area contributed by atoms with Gasteiger partial charge in [0.05, 0.1) is 13.2 Å². The number of guanidine groups is 1. The van der Waals surface area contributed by atoms with Crippen molar-refractivity contribution in [1.82, 2.24) is 10.6 Å². The molecule has 0 saturated carbocycles. The number of methoxy groups -OCH3 is 1. The van der Waals surface area contributed by atoms with Crippen molar-refractivity contribution in [2.45, 2.75) is 20.4 Å². The summed E-state index contributed by atoms with van der Waals surface area (Å²) < 4.78 is 10.7. The zero-order valence-corrected chi connectivity index (χ0v) is 15.6. The smallest absolute Gasteiger partial charge is 0.191 e.